The highest BCUT2D eigenvalue weighted by molar-refractivity contribution is 5.89. The second-order valence-corrected chi connectivity index (χ2v) is 7.75. The lowest BCUT2D eigenvalue weighted by molar-refractivity contribution is -0.137. The second-order valence-electron chi connectivity index (χ2n) is 7.75. The molecule has 0 radical (unpaired) electrons. The lowest BCUT2D eigenvalue weighted by atomic mass is 10.1. The van der Waals surface area contributed by atoms with E-state index in [-0.39, 0.29) is 17.7 Å². The number of hydrogen-bond acceptors (Lipinski definition) is 3. The summed E-state index contributed by atoms with van der Waals surface area (Å²) < 4.78 is 0. The van der Waals surface area contributed by atoms with Gasteiger partial charge in [0.2, 0.25) is 11.8 Å². The highest BCUT2D eigenvalue weighted by Gasteiger charge is 2.37. The predicted octanol–water partition coefficient (Wildman–Crippen LogP) is 2.38. The third-order valence-electron chi connectivity index (χ3n) is 5.71. The van der Waals surface area contributed by atoms with Gasteiger partial charge in [-0.05, 0) is 11.1 Å². The standard InChI is InChI=1S/C23H27N3O2/c27-22-15-21(18-26(22)17-20-9-5-2-6-10-20)23(28)25-13-11-24(12-14-25)16-19-7-3-1-4-8-19/h1-10,21H,11-18H2/t21-/m1/s1. The molecule has 0 bridgehead atoms. The fourth-order valence-electron chi connectivity index (χ4n) is 4.12. The number of likely N-dealkylation sites (tertiary alicyclic amines) is 1. The number of hydrogen-bond donors (Lipinski definition) is 0. The van der Waals surface area contributed by atoms with E-state index >= 15 is 0 Å². The van der Waals surface area contributed by atoms with Crippen LogP contribution in [0, 0.1) is 5.92 Å². The molecular weight excluding hydrogens is 350 g/mol. The maximum Gasteiger partial charge on any atom is 0.228 e. The SMILES string of the molecule is O=C1C[C@@H](C(=O)N2CCN(Cc3ccccc3)CC2)CN1Cc1ccccc1. The van der Waals surface area contributed by atoms with Gasteiger partial charge in [-0.1, -0.05) is 60.7 Å². The molecule has 5 heteroatoms. The van der Waals surface area contributed by atoms with Crippen molar-refractivity contribution in [2.24, 2.45) is 5.92 Å². The zero-order valence-corrected chi connectivity index (χ0v) is 16.2. The van der Waals surface area contributed by atoms with E-state index in [2.05, 4.69) is 29.2 Å². The van der Waals surface area contributed by atoms with E-state index in [0.29, 0.717) is 19.5 Å². The molecule has 0 spiro atoms. The van der Waals surface area contributed by atoms with Crippen molar-refractivity contribution in [3.8, 4) is 0 Å². The zero-order chi connectivity index (χ0) is 19.3. The lowest BCUT2D eigenvalue weighted by Crippen LogP contribution is -2.50. The van der Waals surface area contributed by atoms with Crippen LogP contribution in [-0.4, -0.2) is 59.2 Å². The van der Waals surface area contributed by atoms with Crippen LogP contribution < -0.4 is 0 Å². The van der Waals surface area contributed by atoms with Crippen LogP contribution in [0.5, 0.6) is 0 Å². The molecule has 5 nitrogen and oxygen atoms in total. The van der Waals surface area contributed by atoms with Gasteiger partial charge < -0.3 is 9.80 Å². The monoisotopic (exact) mass is 377 g/mol. The molecule has 146 valence electrons. The average molecular weight is 377 g/mol. The van der Waals surface area contributed by atoms with Crippen molar-refractivity contribution < 1.29 is 9.59 Å². The first-order valence-corrected chi connectivity index (χ1v) is 10.1. The van der Waals surface area contributed by atoms with Gasteiger partial charge in [0.05, 0.1) is 5.92 Å². The van der Waals surface area contributed by atoms with E-state index in [1.54, 1.807) is 0 Å². The summed E-state index contributed by atoms with van der Waals surface area (Å²) in [6.45, 7) is 5.31. The number of carbonyl (C=O) groups is 2. The molecule has 2 aliphatic heterocycles. The van der Waals surface area contributed by atoms with Crippen molar-refractivity contribution in [2.45, 2.75) is 19.5 Å². The van der Waals surface area contributed by atoms with Gasteiger partial charge in [0, 0.05) is 52.2 Å². The Balaban J connectivity index is 1.28. The van der Waals surface area contributed by atoms with Gasteiger partial charge in [-0.2, -0.15) is 0 Å². The van der Waals surface area contributed by atoms with Crippen LogP contribution in [0.25, 0.3) is 0 Å². The van der Waals surface area contributed by atoms with E-state index in [9.17, 15) is 9.59 Å². The van der Waals surface area contributed by atoms with Gasteiger partial charge in [-0.15, -0.1) is 0 Å². The lowest BCUT2D eigenvalue weighted by Gasteiger charge is -2.36. The molecule has 1 atom stereocenters. The Bertz CT molecular complexity index is 801. The summed E-state index contributed by atoms with van der Waals surface area (Å²) in [6.07, 6.45) is 0.343. The van der Waals surface area contributed by atoms with Crippen molar-refractivity contribution in [3.63, 3.8) is 0 Å². The Morgan fingerprint density at radius 2 is 1.39 bits per heavy atom. The van der Waals surface area contributed by atoms with Crippen molar-refractivity contribution in [3.05, 3.63) is 71.8 Å². The minimum atomic E-state index is -0.197. The van der Waals surface area contributed by atoms with Crippen LogP contribution in [0.3, 0.4) is 0 Å². The first-order chi connectivity index (χ1) is 13.7. The second kappa shape index (κ2) is 8.57. The van der Waals surface area contributed by atoms with Crippen LogP contribution in [0.1, 0.15) is 17.5 Å². The Morgan fingerprint density at radius 3 is 2.00 bits per heavy atom. The van der Waals surface area contributed by atoms with Crippen LogP contribution in [0.15, 0.2) is 60.7 Å². The first kappa shape index (κ1) is 18.7. The summed E-state index contributed by atoms with van der Waals surface area (Å²) >= 11 is 0. The van der Waals surface area contributed by atoms with E-state index in [1.807, 2.05) is 46.2 Å². The number of piperazine rings is 1. The molecule has 2 aromatic carbocycles. The van der Waals surface area contributed by atoms with Crippen molar-refractivity contribution >= 4 is 11.8 Å². The number of rotatable bonds is 5. The molecule has 28 heavy (non-hydrogen) atoms. The number of amides is 2. The Kier molecular flexibility index (Phi) is 5.72. The summed E-state index contributed by atoms with van der Waals surface area (Å²) in [6, 6.07) is 20.4. The number of carbonyl (C=O) groups excluding carboxylic acids is 2. The maximum atomic E-state index is 12.9. The molecule has 2 amide bonds. The van der Waals surface area contributed by atoms with Crippen LogP contribution in [0.4, 0.5) is 0 Å². The summed E-state index contributed by atoms with van der Waals surface area (Å²) in [7, 11) is 0. The van der Waals surface area contributed by atoms with Gasteiger partial charge in [-0.25, -0.2) is 0 Å². The van der Waals surface area contributed by atoms with Crippen molar-refractivity contribution in [2.75, 3.05) is 32.7 Å². The summed E-state index contributed by atoms with van der Waals surface area (Å²) in [4.78, 5) is 31.5. The molecule has 0 saturated carbocycles. The van der Waals surface area contributed by atoms with Crippen molar-refractivity contribution in [1.29, 1.82) is 0 Å². The highest BCUT2D eigenvalue weighted by atomic mass is 16.2. The largest absolute Gasteiger partial charge is 0.340 e. The van der Waals surface area contributed by atoms with Gasteiger partial charge in [0.15, 0.2) is 0 Å². The quantitative estimate of drug-likeness (QED) is 0.804. The maximum absolute atomic E-state index is 12.9. The van der Waals surface area contributed by atoms with E-state index in [1.165, 1.54) is 5.56 Å². The van der Waals surface area contributed by atoms with Crippen LogP contribution in [0.2, 0.25) is 0 Å². The van der Waals surface area contributed by atoms with E-state index in [4.69, 9.17) is 0 Å². The molecule has 2 heterocycles. The van der Waals surface area contributed by atoms with Gasteiger partial charge in [0.1, 0.15) is 0 Å². The summed E-state index contributed by atoms with van der Waals surface area (Å²) in [5.74, 6) is 0.0325. The minimum absolute atomic E-state index is 0.0879. The third kappa shape index (κ3) is 4.42. The fraction of sp³-hybridized carbons (Fsp3) is 0.391. The molecule has 0 unspecified atom stereocenters. The molecule has 2 aliphatic rings. The molecule has 2 aromatic rings. The molecule has 0 aromatic heterocycles. The molecule has 0 N–H and O–H groups in total. The van der Waals surface area contributed by atoms with E-state index < -0.39 is 0 Å². The molecule has 4 rings (SSSR count). The Morgan fingerprint density at radius 1 is 0.821 bits per heavy atom. The van der Waals surface area contributed by atoms with E-state index in [0.717, 1.165) is 38.3 Å². The number of nitrogens with zero attached hydrogens (tertiary/aromatic N) is 3. The Hall–Kier alpha value is -2.66. The Labute approximate surface area is 166 Å². The molecule has 2 saturated heterocycles. The first-order valence-electron chi connectivity index (χ1n) is 10.1. The molecular formula is C23H27N3O2. The average Bonchev–Trinajstić information content (AvgIpc) is 3.10. The third-order valence-corrected chi connectivity index (χ3v) is 5.71. The van der Waals surface area contributed by atoms with Gasteiger partial charge in [-0.3, -0.25) is 14.5 Å². The predicted molar refractivity (Wildman–Crippen MR) is 108 cm³/mol. The van der Waals surface area contributed by atoms with Crippen LogP contribution >= 0.6 is 0 Å². The fourth-order valence-corrected chi connectivity index (χ4v) is 4.12. The van der Waals surface area contributed by atoms with Crippen LogP contribution in [-0.2, 0) is 22.7 Å². The summed E-state index contributed by atoms with van der Waals surface area (Å²) in [5.41, 5.74) is 2.42. The zero-order valence-electron chi connectivity index (χ0n) is 16.2. The topological polar surface area (TPSA) is 43.9 Å². The number of benzene rings is 2. The molecule has 2 fully saturated rings. The molecule has 0 aliphatic carbocycles. The minimum Gasteiger partial charge on any atom is -0.340 e. The normalized spacial score (nSPS) is 20.6. The van der Waals surface area contributed by atoms with Crippen molar-refractivity contribution in [1.82, 2.24) is 14.7 Å². The summed E-state index contributed by atoms with van der Waals surface area (Å²) in [5, 5.41) is 0. The smallest absolute Gasteiger partial charge is 0.228 e. The van der Waals surface area contributed by atoms with Gasteiger partial charge in [0.25, 0.3) is 0 Å². The highest BCUT2D eigenvalue weighted by Crippen LogP contribution is 2.23. The van der Waals surface area contributed by atoms with Gasteiger partial charge >= 0.3 is 0 Å².